The smallest absolute Gasteiger partial charge is 0.338 e. The molecule has 0 bridgehead atoms. The molecule has 0 fully saturated rings. The van der Waals surface area contributed by atoms with Crippen molar-refractivity contribution in [3.05, 3.63) is 29.8 Å². The van der Waals surface area contributed by atoms with Crippen molar-refractivity contribution in [2.24, 2.45) is 10.3 Å². The largest absolute Gasteiger partial charge is 0.465 e. The predicted octanol–water partition coefficient (Wildman–Crippen LogP) is 2.21. The van der Waals surface area contributed by atoms with E-state index >= 15 is 0 Å². The maximum absolute atomic E-state index is 11.4. The van der Waals surface area contributed by atoms with Crippen molar-refractivity contribution in [3.63, 3.8) is 0 Å². The summed E-state index contributed by atoms with van der Waals surface area (Å²) >= 11 is 0. The van der Waals surface area contributed by atoms with E-state index in [1.165, 1.54) is 0 Å². The minimum Gasteiger partial charge on any atom is -0.465 e. The third-order valence-electron chi connectivity index (χ3n) is 2.15. The van der Waals surface area contributed by atoms with Crippen LogP contribution in [0.2, 0.25) is 0 Å². The minimum atomic E-state index is -0.435. The van der Waals surface area contributed by atoms with Crippen LogP contribution in [0.1, 0.15) is 24.2 Å². The standard InChI is InChI=1S/C13H17N3O4/c1-3-19-12(17)9-14-16-15-11-7-5-10(6-8-11)13(18)20-4-2/h5-8H,3-4,9H2,1-2H3,(H,14,15). The van der Waals surface area contributed by atoms with Crippen LogP contribution >= 0.6 is 0 Å². The molecular weight excluding hydrogens is 262 g/mol. The Bertz CT molecular complexity index is 471. The Balaban J connectivity index is 2.43. The number of anilines is 1. The van der Waals surface area contributed by atoms with Crippen LogP contribution in [0.15, 0.2) is 34.6 Å². The van der Waals surface area contributed by atoms with Gasteiger partial charge in [-0.15, -0.1) is 0 Å². The van der Waals surface area contributed by atoms with Crippen LogP contribution in [-0.2, 0) is 14.3 Å². The minimum absolute atomic E-state index is 0.137. The number of hydrogen-bond donors (Lipinski definition) is 1. The number of hydrogen-bond acceptors (Lipinski definition) is 6. The number of carbonyl (C=O) groups excluding carboxylic acids is 2. The van der Waals surface area contributed by atoms with Gasteiger partial charge in [0.15, 0.2) is 6.54 Å². The fourth-order valence-corrected chi connectivity index (χ4v) is 1.29. The molecule has 0 radical (unpaired) electrons. The van der Waals surface area contributed by atoms with E-state index in [0.29, 0.717) is 24.5 Å². The summed E-state index contributed by atoms with van der Waals surface area (Å²) in [5.74, 6) is -0.807. The van der Waals surface area contributed by atoms with E-state index in [-0.39, 0.29) is 12.5 Å². The van der Waals surface area contributed by atoms with Gasteiger partial charge in [-0.3, -0.25) is 5.43 Å². The maximum Gasteiger partial charge on any atom is 0.338 e. The zero-order chi connectivity index (χ0) is 14.8. The van der Waals surface area contributed by atoms with Crippen LogP contribution in [0.25, 0.3) is 0 Å². The predicted molar refractivity (Wildman–Crippen MR) is 72.4 cm³/mol. The lowest BCUT2D eigenvalue weighted by Gasteiger charge is -2.03. The molecular formula is C13H17N3O4. The second-order valence-corrected chi connectivity index (χ2v) is 3.61. The van der Waals surface area contributed by atoms with Crippen molar-refractivity contribution in [1.29, 1.82) is 0 Å². The van der Waals surface area contributed by atoms with E-state index in [4.69, 9.17) is 4.74 Å². The second-order valence-electron chi connectivity index (χ2n) is 3.61. The molecule has 0 aliphatic rings. The number of carbonyl (C=O) groups is 2. The molecule has 1 aromatic carbocycles. The highest BCUT2D eigenvalue weighted by atomic mass is 16.5. The normalized spacial score (nSPS) is 10.3. The lowest BCUT2D eigenvalue weighted by Crippen LogP contribution is -2.07. The van der Waals surface area contributed by atoms with Gasteiger partial charge in [0.1, 0.15) is 0 Å². The van der Waals surface area contributed by atoms with Gasteiger partial charge >= 0.3 is 11.9 Å². The third kappa shape index (κ3) is 5.47. The first-order valence-electron chi connectivity index (χ1n) is 6.22. The molecule has 108 valence electrons. The number of nitrogens with one attached hydrogen (secondary N) is 1. The van der Waals surface area contributed by atoms with Crippen molar-refractivity contribution in [1.82, 2.24) is 0 Å². The van der Waals surface area contributed by atoms with Crippen LogP contribution in [-0.4, -0.2) is 31.7 Å². The van der Waals surface area contributed by atoms with Gasteiger partial charge in [-0.1, -0.05) is 5.22 Å². The summed E-state index contributed by atoms with van der Waals surface area (Å²) in [6.07, 6.45) is 0. The average Bonchev–Trinajstić information content (AvgIpc) is 2.45. The Morgan fingerprint density at radius 3 is 2.35 bits per heavy atom. The average molecular weight is 279 g/mol. The summed E-state index contributed by atoms with van der Waals surface area (Å²) in [5.41, 5.74) is 3.74. The Kier molecular flexibility index (Phi) is 6.74. The Morgan fingerprint density at radius 2 is 1.75 bits per heavy atom. The molecule has 7 heteroatoms. The van der Waals surface area contributed by atoms with Gasteiger partial charge in [0.05, 0.1) is 24.5 Å². The van der Waals surface area contributed by atoms with Crippen molar-refractivity contribution >= 4 is 17.6 Å². The van der Waals surface area contributed by atoms with Crippen molar-refractivity contribution < 1.29 is 19.1 Å². The van der Waals surface area contributed by atoms with E-state index in [9.17, 15) is 9.59 Å². The molecule has 1 rings (SSSR count). The number of ether oxygens (including phenoxy) is 2. The molecule has 0 saturated carbocycles. The van der Waals surface area contributed by atoms with E-state index < -0.39 is 5.97 Å². The van der Waals surface area contributed by atoms with Gasteiger partial charge in [-0.05, 0) is 38.1 Å². The zero-order valence-corrected chi connectivity index (χ0v) is 11.5. The summed E-state index contributed by atoms with van der Waals surface area (Å²) < 4.78 is 9.55. The van der Waals surface area contributed by atoms with Gasteiger partial charge in [-0.25, -0.2) is 9.59 Å². The van der Waals surface area contributed by atoms with Crippen LogP contribution in [0.5, 0.6) is 0 Å². The quantitative estimate of drug-likeness (QED) is 0.469. The van der Waals surface area contributed by atoms with Gasteiger partial charge in [0, 0.05) is 0 Å². The van der Waals surface area contributed by atoms with Gasteiger partial charge in [-0.2, -0.15) is 5.11 Å². The van der Waals surface area contributed by atoms with E-state index in [2.05, 4.69) is 20.5 Å². The Morgan fingerprint density at radius 1 is 1.10 bits per heavy atom. The molecule has 0 aliphatic carbocycles. The summed E-state index contributed by atoms with van der Waals surface area (Å²) in [6, 6.07) is 6.55. The fraction of sp³-hybridized carbons (Fsp3) is 0.385. The highest BCUT2D eigenvalue weighted by molar-refractivity contribution is 5.89. The van der Waals surface area contributed by atoms with Crippen molar-refractivity contribution in [3.8, 4) is 0 Å². The molecule has 0 saturated heterocycles. The van der Waals surface area contributed by atoms with Crippen molar-refractivity contribution in [2.45, 2.75) is 13.8 Å². The van der Waals surface area contributed by atoms with E-state index in [1.54, 1.807) is 38.1 Å². The van der Waals surface area contributed by atoms with Crippen LogP contribution in [0.4, 0.5) is 5.69 Å². The lowest BCUT2D eigenvalue weighted by molar-refractivity contribution is -0.141. The molecule has 0 amide bonds. The molecule has 7 nitrogen and oxygen atoms in total. The van der Waals surface area contributed by atoms with Crippen LogP contribution in [0, 0.1) is 0 Å². The van der Waals surface area contributed by atoms with E-state index in [0.717, 1.165) is 0 Å². The lowest BCUT2D eigenvalue weighted by atomic mass is 10.2. The molecule has 0 atom stereocenters. The first-order valence-corrected chi connectivity index (χ1v) is 6.22. The summed E-state index contributed by atoms with van der Waals surface area (Å²) in [4.78, 5) is 22.4. The number of benzene rings is 1. The first-order chi connectivity index (χ1) is 9.67. The van der Waals surface area contributed by atoms with Crippen molar-refractivity contribution in [2.75, 3.05) is 25.2 Å². The molecule has 0 unspecified atom stereocenters. The number of esters is 2. The van der Waals surface area contributed by atoms with Gasteiger partial charge < -0.3 is 9.47 Å². The molecule has 1 N–H and O–H groups in total. The number of rotatable bonds is 7. The molecule has 1 aromatic rings. The maximum atomic E-state index is 11.4. The summed E-state index contributed by atoms with van der Waals surface area (Å²) in [6.45, 7) is 3.98. The van der Waals surface area contributed by atoms with Crippen LogP contribution in [0.3, 0.4) is 0 Å². The van der Waals surface area contributed by atoms with Gasteiger partial charge in [0.25, 0.3) is 0 Å². The molecule has 0 aliphatic heterocycles. The zero-order valence-electron chi connectivity index (χ0n) is 11.5. The second kappa shape index (κ2) is 8.63. The SMILES string of the molecule is CCOC(=O)CN=NNc1ccc(C(=O)OCC)cc1. The molecule has 0 heterocycles. The third-order valence-corrected chi connectivity index (χ3v) is 2.15. The van der Waals surface area contributed by atoms with E-state index in [1.807, 2.05) is 0 Å². The highest BCUT2D eigenvalue weighted by Crippen LogP contribution is 2.10. The molecule has 0 aromatic heterocycles. The molecule has 0 spiro atoms. The fourth-order valence-electron chi connectivity index (χ4n) is 1.29. The Hall–Kier alpha value is -2.44. The monoisotopic (exact) mass is 279 g/mol. The molecule has 20 heavy (non-hydrogen) atoms. The topological polar surface area (TPSA) is 89.4 Å². The van der Waals surface area contributed by atoms with Crippen LogP contribution < -0.4 is 5.43 Å². The highest BCUT2D eigenvalue weighted by Gasteiger charge is 2.05. The Labute approximate surface area is 117 Å². The first kappa shape index (κ1) is 15.6. The number of nitrogens with zero attached hydrogens (tertiary/aromatic N) is 2. The van der Waals surface area contributed by atoms with Gasteiger partial charge in [0.2, 0.25) is 0 Å². The summed E-state index contributed by atoms with van der Waals surface area (Å²) in [5, 5.41) is 7.25. The summed E-state index contributed by atoms with van der Waals surface area (Å²) in [7, 11) is 0.